The first-order chi connectivity index (χ1) is 10.0. The van der Waals surface area contributed by atoms with Gasteiger partial charge in [0, 0.05) is 17.8 Å². The lowest BCUT2D eigenvalue weighted by molar-refractivity contribution is -0.163. The van der Waals surface area contributed by atoms with Gasteiger partial charge in [-0.25, -0.2) is 9.59 Å². The van der Waals surface area contributed by atoms with Crippen LogP contribution < -0.4 is 0 Å². The average molecular weight is 291 g/mol. The van der Waals surface area contributed by atoms with E-state index in [9.17, 15) is 14.4 Å². The minimum atomic E-state index is -1.35. The van der Waals surface area contributed by atoms with E-state index in [4.69, 9.17) is 9.47 Å². The summed E-state index contributed by atoms with van der Waals surface area (Å²) < 4.78 is 10.3. The maximum atomic E-state index is 12.7. The number of esters is 2. The predicted molar refractivity (Wildman–Crippen MR) is 71.8 cm³/mol. The van der Waals surface area contributed by atoms with Crippen LogP contribution in [0, 0.1) is 0 Å². The number of fused-ring (bicyclic) bond motifs is 2. The second kappa shape index (κ2) is 4.72. The standard InChI is InChI=1S/C15H17NO5/c1-3-15-10(8-9-6-5-7-16(9)14(15)19)11(13(18)21-15)12(17)20-4-2/h8H,3-7H2,1-2H3. The molecule has 1 atom stereocenters. The van der Waals surface area contributed by atoms with Crippen molar-refractivity contribution in [3.05, 3.63) is 22.9 Å². The molecule has 21 heavy (non-hydrogen) atoms. The van der Waals surface area contributed by atoms with Crippen LogP contribution in [-0.4, -0.2) is 41.5 Å². The number of rotatable bonds is 3. The Bertz CT molecular complexity index is 603. The van der Waals surface area contributed by atoms with E-state index in [1.54, 1.807) is 24.8 Å². The van der Waals surface area contributed by atoms with Crippen molar-refractivity contribution in [2.24, 2.45) is 0 Å². The SMILES string of the molecule is CCOC(=O)C1=C2C=C3CCCN3C(=O)C2(CC)OC1=O. The molecule has 0 aromatic heterocycles. The molecule has 0 aliphatic carbocycles. The zero-order valence-corrected chi connectivity index (χ0v) is 12.1. The molecule has 1 amide bonds. The molecule has 3 heterocycles. The molecule has 0 N–H and O–H groups in total. The average Bonchev–Trinajstić information content (AvgIpc) is 3.02. The van der Waals surface area contributed by atoms with E-state index in [1.165, 1.54) is 0 Å². The molecule has 6 heteroatoms. The van der Waals surface area contributed by atoms with Crippen LogP contribution in [0.3, 0.4) is 0 Å². The van der Waals surface area contributed by atoms with Crippen LogP contribution in [0.15, 0.2) is 22.9 Å². The maximum Gasteiger partial charge on any atom is 0.347 e. The summed E-state index contributed by atoms with van der Waals surface area (Å²) in [5.41, 5.74) is -0.274. The minimum Gasteiger partial charge on any atom is -0.462 e. The van der Waals surface area contributed by atoms with Crippen molar-refractivity contribution in [2.75, 3.05) is 13.2 Å². The van der Waals surface area contributed by atoms with Gasteiger partial charge in [0.1, 0.15) is 0 Å². The molecule has 0 radical (unpaired) electrons. The Morgan fingerprint density at radius 1 is 1.43 bits per heavy atom. The number of hydrogen-bond acceptors (Lipinski definition) is 5. The van der Waals surface area contributed by atoms with Crippen LogP contribution in [0.4, 0.5) is 0 Å². The highest BCUT2D eigenvalue weighted by Gasteiger charge is 2.57. The first-order valence-corrected chi connectivity index (χ1v) is 7.23. The Kier molecular flexibility index (Phi) is 3.11. The Labute approximate surface area is 122 Å². The molecule has 3 rings (SSSR count). The first-order valence-electron chi connectivity index (χ1n) is 7.23. The van der Waals surface area contributed by atoms with E-state index in [0.717, 1.165) is 18.5 Å². The predicted octanol–water partition coefficient (Wildman–Crippen LogP) is 1.07. The van der Waals surface area contributed by atoms with Gasteiger partial charge in [-0.2, -0.15) is 0 Å². The van der Waals surface area contributed by atoms with Gasteiger partial charge < -0.3 is 14.4 Å². The summed E-state index contributed by atoms with van der Waals surface area (Å²) in [5, 5.41) is 0. The van der Waals surface area contributed by atoms with Crippen molar-refractivity contribution in [2.45, 2.75) is 38.7 Å². The van der Waals surface area contributed by atoms with E-state index in [1.807, 2.05) is 0 Å². The molecule has 3 aliphatic rings. The third kappa shape index (κ3) is 1.74. The van der Waals surface area contributed by atoms with Gasteiger partial charge >= 0.3 is 11.9 Å². The Morgan fingerprint density at radius 3 is 2.86 bits per heavy atom. The summed E-state index contributed by atoms with van der Waals surface area (Å²) in [4.78, 5) is 38.5. The topological polar surface area (TPSA) is 72.9 Å². The third-order valence-electron chi connectivity index (χ3n) is 4.22. The highest BCUT2D eigenvalue weighted by Crippen LogP contribution is 2.45. The lowest BCUT2D eigenvalue weighted by atomic mass is 9.84. The van der Waals surface area contributed by atoms with Crippen molar-refractivity contribution in [3.63, 3.8) is 0 Å². The lowest BCUT2D eigenvalue weighted by Gasteiger charge is -2.36. The highest BCUT2D eigenvalue weighted by molar-refractivity contribution is 6.20. The van der Waals surface area contributed by atoms with E-state index in [0.29, 0.717) is 18.5 Å². The molecule has 6 nitrogen and oxygen atoms in total. The number of carbonyl (C=O) groups is 3. The summed E-state index contributed by atoms with van der Waals surface area (Å²) in [6.45, 7) is 4.23. The van der Waals surface area contributed by atoms with Gasteiger partial charge in [-0.1, -0.05) is 6.92 Å². The molecule has 0 saturated carbocycles. The number of carbonyl (C=O) groups excluding carboxylic acids is 3. The zero-order chi connectivity index (χ0) is 15.2. The van der Waals surface area contributed by atoms with Gasteiger partial charge in [0.15, 0.2) is 5.57 Å². The van der Waals surface area contributed by atoms with Gasteiger partial charge in [0.2, 0.25) is 5.60 Å². The smallest absolute Gasteiger partial charge is 0.347 e. The largest absolute Gasteiger partial charge is 0.462 e. The fraction of sp³-hybridized carbons (Fsp3) is 0.533. The first kappa shape index (κ1) is 13.9. The van der Waals surface area contributed by atoms with Crippen LogP contribution in [0.2, 0.25) is 0 Å². The second-order valence-corrected chi connectivity index (χ2v) is 5.28. The normalized spacial score (nSPS) is 27.3. The number of hydrogen-bond donors (Lipinski definition) is 0. The van der Waals surface area contributed by atoms with Crippen molar-refractivity contribution in [1.29, 1.82) is 0 Å². The maximum absolute atomic E-state index is 12.7. The number of nitrogens with zero attached hydrogens (tertiary/aromatic N) is 1. The Balaban J connectivity index is 2.17. The number of allylic oxidation sites excluding steroid dienone is 1. The summed E-state index contributed by atoms with van der Waals surface area (Å²) in [5.74, 6) is -1.73. The number of amides is 1. The van der Waals surface area contributed by atoms with Crippen LogP contribution in [0.1, 0.15) is 33.1 Å². The molecule has 3 aliphatic heterocycles. The summed E-state index contributed by atoms with van der Waals surface area (Å²) in [7, 11) is 0. The molecule has 1 saturated heterocycles. The zero-order valence-electron chi connectivity index (χ0n) is 12.1. The van der Waals surface area contributed by atoms with Crippen LogP contribution in [0.5, 0.6) is 0 Å². The fourth-order valence-corrected chi connectivity index (χ4v) is 3.20. The van der Waals surface area contributed by atoms with Gasteiger partial charge in [0.25, 0.3) is 5.91 Å². The summed E-state index contributed by atoms with van der Waals surface area (Å²) in [6, 6.07) is 0. The Morgan fingerprint density at radius 2 is 2.19 bits per heavy atom. The molecule has 0 aromatic rings. The Hall–Kier alpha value is -2.11. The van der Waals surface area contributed by atoms with Gasteiger partial charge in [-0.05, 0) is 32.3 Å². The lowest BCUT2D eigenvalue weighted by Crippen LogP contribution is -2.51. The number of ether oxygens (including phenoxy) is 2. The van der Waals surface area contributed by atoms with Crippen LogP contribution in [-0.2, 0) is 23.9 Å². The fourth-order valence-electron chi connectivity index (χ4n) is 3.20. The summed E-state index contributed by atoms with van der Waals surface area (Å²) in [6.07, 6.45) is 3.71. The summed E-state index contributed by atoms with van der Waals surface area (Å²) >= 11 is 0. The van der Waals surface area contributed by atoms with Crippen molar-refractivity contribution >= 4 is 17.8 Å². The highest BCUT2D eigenvalue weighted by atomic mass is 16.6. The minimum absolute atomic E-state index is 0.133. The van der Waals surface area contributed by atoms with Crippen molar-refractivity contribution in [1.82, 2.24) is 4.90 Å². The molecule has 0 aromatic carbocycles. The van der Waals surface area contributed by atoms with Crippen LogP contribution in [0.25, 0.3) is 0 Å². The van der Waals surface area contributed by atoms with E-state index in [2.05, 4.69) is 0 Å². The molecule has 0 bridgehead atoms. The molecule has 0 spiro atoms. The van der Waals surface area contributed by atoms with Gasteiger partial charge in [-0.15, -0.1) is 0 Å². The molecular formula is C15H17NO5. The van der Waals surface area contributed by atoms with Gasteiger partial charge in [0.05, 0.1) is 6.61 Å². The van der Waals surface area contributed by atoms with Gasteiger partial charge in [-0.3, -0.25) is 4.79 Å². The molecule has 1 unspecified atom stereocenters. The molecule has 1 fully saturated rings. The van der Waals surface area contributed by atoms with E-state index >= 15 is 0 Å². The van der Waals surface area contributed by atoms with E-state index < -0.39 is 17.5 Å². The van der Waals surface area contributed by atoms with E-state index in [-0.39, 0.29) is 18.1 Å². The third-order valence-corrected chi connectivity index (χ3v) is 4.22. The monoisotopic (exact) mass is 291 g/mol. The van der Waals surface area contributed by atoms with Crippen molar-refractivity contribution < 1.29 is 23.9 Å². The second-order valence-electron chi connectivity index (χ2n) is 5.28. The quantitative estimate of drug-likeness (QED) is 0.574. The molecule has 112 valence electrons. The van der Waals surface area contributed by atoms with Crippen molar-refractivity contribution in [3.8, 4) is 0 Å². The van der Waals surface area contributed by atoms with Crippen LogP contribution >= 0.6 is 0 Å². The molecular weight excluding hydrogens is 274 g/mol.